The van der Waals surface area contributed by atoms with E-state index in [2.05, 4.69) is 11.1 Å². The molecule has 1 atom stereocenters. The number of hydrogen-bond acceptors (Lipinski definition) is 7. The molecule has 35 heavy (non-hydrogen) atoms. The Morgan fingerprint density at radius 3 is 2.54 bits per heavy atom. The summed E-state index contributed by atoms with van der Waals surface area (Å²) in [6.07, 6.45) is 4.64. The van der Waals surface area contributed by atoms with Gasteiger partial charge < -0.3 is 9.64 Å². The summed E-state index contributed by atoms with van der Waals surface area (Å²) in [5.41, 5.74) is 1.64. The molecule has 3 amide bonds. The highest BCUT2D eigenvalue weighted by atomic mass is 32.2. The fourth-order valence-electron chi connectivity index (χ4n) is 4.76. The number of benzene rings is 1. The van der Waals surface area contributed by atoms with Crippen LogP contribution in [0.1, 0.15) is 49.8 Å². The quantitative estimate of drug-likeness (QED) is 0.427. The van der Waals surface area contributed by atoms with Crippen LogP contribution in [0, 0.1) is 18.3 Å². The van der Waals surface area contributed by atoms with Crippen molar-refractivity contribution < 1.29 is 19.1 Å². The van der Waals surface area contributed by atoms with Crippen LogP contribution in [0.3, 0.4) is 0 Å². The zero-order chi connectivity index (χ0) is 24.9. The third-order valence-electron chi connectivity index (χ3n) is 6.50. The van der Waals surface area contributed by atoms with Gasteiger partial charge in [-0.25, -0.2) is 9.88 Å². The molecule has 4 rings (SSSR count). The fourth-order valence-corrected chi connectivity index (χ4v) is 5.65. The molecule has 1 aliphatic heterocycles. The summed E-state index contributed by atoms with van der Waals surface area (Å²) < 4.78 is 5.17. The molecule has 9 heteroatoms. The summed E-state index contributed by atoms with van der Waals surface area (Å²) in [6, 6.07) is 11.4. The lowest BCUT2D eigenvalue weighted by molar-refractivity contribution is -0.139. The third-order valence-corrected chi connectivity index (χ3v) is 7.47. The number of thioether (sulfide) groups is 1. The number of aryl methyl sites for hydroxylation is 1. The SMILES string of the molecule is COc1ccc(N2C(=O)CC(N(C(=O)CSc3nc(C)ccc3C#N)C3CCCCC3)C2=O)cc1. The van der Waals surface area contributed by atoms with Crippen molar-refractivity contribution in [2.75, 3.05) is 17.8 Å². The second kappa shape index (κ2) is 10.9. The van der Waals surface area contributed by atoms with Gasteiger partial charge in [0.05, 0.1) is 30.5 Å². The molecule has 1 saturated heterocycles. The predicted octanol–water partition coefficient (Wildman–Crippen LogP) is 3.86. The number of ether oxygens (including phenoxy) is 1. The number of nitriles is 1. The first kappa shape index (κ1) is 24.7. The van der Waals surface area contributed by atoms with E-state index in [1.807, 2.05) is 6.92 Å². The molecule has 0 N–H and O–H groups in total. The third kappa shape index (κ3) is 5.33. The maximum absolute atomic E-state index is 13.6. The van der Waals surface area contributed by atoms with E-state index in [4.69, 9.17) is 4.74 Å². The maximum Gasteiger partial charge on any atom is 0.257 e. The van der Waals surface area contributed by atoms with E-state index in [-0.39, 0.29) is 35.9 Å². The van der Waals surface area contributed by atoms with Crippen molar-refractivity contribution in [1.82, 2.24) is 9.88 Å². The normalized spacial score (nSPS) is 18.4. The molecule has 2 fully saturated rings. The van der Waals surface area contributed by atoms with Gasteiger partial charge in [-0.05, 0) is 56.2 Å². The van der Waals surface area contributed by atoms with E-state index < -0.39 is 6.04 Å². The molecule has 182 valence electrons. The number of anilines is 1. The van der Waals surface area contributed by atoms with Gasteiger partial charge in [-0.2, -0.15) is 5.26 Å². The Bertz CT molecular complexity index is 1150. The molecule has 2 heterocycles. The number of carbonyl (C=O) groups excluding carboxylic acids is 3. The van der Waals surface area contributed by atoms with Crippen molar-refractivity contribution in [3.8, 4) is 11.8 Å². The zero-order valence-electron chi connectivity index (χ0n) is 19.9. The summed E-state index contributed by atoms with van der Waals surface area (Å²) in [6.45, 7) is 1.83. The summed E-state index contributed by atoms with van der Waals surface area (Å²) in [4.78, 5) is 47.2. The highest BCUT2D eigenvalue weighted by Gasteiger charge is 2.46. The number of carbonyl (C=O) groups is 3. The van der Waals surface area contributed by atoms with Crippen LogP contribution in [-0.4, -0.2) is 52.6 Å². The van der Waals surface area contributed by atoms with Crippen LogP contribution in [0.25, 0.3) is 0 Å². The van der Waals surface area contributed by atoms with Crippen LogP contribution in [0.2, 0.25) is 0 Å². The molecular formula is C26H28N4O4S. The van der Waals surface area contributed by atoms with E-state index in [0.717, 1.165) is 37.8 Å². The molecule has 0 spiro atoms. The van der Waals surface area contributed by atoms with Crippen LogP contribution in [-0.2, 0) is 14.4 Å². The lowest BCUT2D eigenvalue weighted by atomic mass is 9.92. The van der Waals surface area contributed by atoms with Gasteiger partial charge in [0.15, 0.2) is 0 Å². The molecule has 1 unspecified atom stereocenters. The van der Waals surface area contributed by atoms with Crippen LogP contribution >= 0.6 is 11.8 Å². The monoisotopic (exact) mass is 492 g/mol. The molecule has 1 aromatic heterocycles. The minimum absolute atomic E-state index is 0.0378. The van der Waals surface area contributed by atoms with Gasteiger partial charge in [0, 0.05) is 11.7 Å². The molecule has 1 aliphatic carbocycles. The number of hydrogen-bond donors (Lipinski definition) is 0. The topological polar surface area (TPSA) is 104 Å². The number of methoxy groups -OCH3 is 1. The van der Waals surface area contributed by atoms with E-state index in [0.29, 0.717) is 22.0 Å². The summed E-state index contributed by atoms with van der Waals surface area (Å²) in [5.74, 6) is -0.241. The predicted molar refractivity (Wildman–Crippen MR) is 132 cm³/mol. The summed E-state index contributed by atoms with van der Waals surface area (Å²) in [7, 11) is 1.55. The first-order valence-corrected chi connectivity index (χ1v) is 12.7. The Balaban J connectivity index is 1.57. The highest BCUT2D eigenvalue weighted by Crippen LogP contribution is 2.33. The Morgan fingerprint density at radius 2 is 1.89 bits per heavy atom. The van der Waals surface area contributed by atoms with Crippen molar-refractivity contribution in [3.05, 3.63) is 47.7 Å². The van der Waals surface area contributed by atoms with Crippen molar-refractivity contribution in [2.45, 2.75) is 62.6 Å². The Morgan fingerprint density at radius 1 is 1.17 bits per heavy atom. The lowest BCUT2D eigenvalue weighted by Crippen LogP contribution is -2.52. The first-order valence-electron chi connectivity index (χ1n) is 11.8. The molecule has 2 aliphatic rings. The van der Waals surface area contributed by atoms with E-state index in [9.17, 15) is 19.6 Å². The first-order chi connectivity index (χ1) is 16.9. The minimum atomic E-state index is -0.832. The van der Waals surface area contributed by atoms with Crippen LogP contribution < -0.4 is 9.64 Å². The molecule has 8 nitrogen and oxygen atoms in total. The molecule has 0 radical (unpaired) electrons. The van der Waals surface area contributed by atoms with Crippen LogP contribution in [0.5, 0.6) is 5.75 Å². The number of pyridine rings is 1. The fraction of sp³-hybridized carbons (Fsp3) is 0.423. The highest BCUT2D eigenvalue weighted by molar-refractivity contribution is 8.00. The lowest BCUT2D eigenvalue weighted by Gasteiger charge is -2.37. The van der Waals surface area contributed by atoms with Crippen molar-refractivity contribution in [2.24, 2.45) is 0 Å². The average Bonchev–Trinajstić information content (AvgIpc) is 3.16. The van der Waals surface area contributed by atoms with Gasteiger partial charge in [-0.3, -0.25) is 14.4 Å². The van der Waals surface area contributed by atoms with Crippen molar-refractivity contribution >= 4 is 35.2 Å². The number of aromatic nitrogens is 1. The number of nitrogens with zero attached hydrogens (tertiary/aromatic N) is 4. The van der Waals surface area contributed by atoms with Gasteiger partial charge in [0.1, 0.15) is 22.9 Å². The Labute approximate surface area is 209 Å². The van der Waals surface area contributed by atoms with Gasteiger partial charge in [0.2, 0.25) is 11.8 Å². The number of rotatable bonds is 7. The Kier molecular flexibility index (Phi) is 7.71. The van der Waals surface area contributed by atoms with E-state index in [1.165, 1.54) is 16.7 Å². The minimum Gasteiger partial charge on any atom is -0.497 e. The molecular weight excluding hydrogens is 464 g/mol. The Hall–Kier alpha value is -3.38. The van der Waals surface area contributed by atoms with Crippen LogP contribution in [0.15, 0.2) is 41.4 Å². The molecule has 1 aromatic carbocycles. The summed E-state index contributed by atoms with van der Waals surface area (Å²) in [5, 5.41) is 9.90. The second-order valence-electron chi connectivity index (χ2n) is 8.78. The largest absolute Gasteiger partial charge is 0.497 e. The zero-order valence-corrected chi connectivity index (χ0v) is 20.7. The van der Waals surface area contributed by atoms with Gasteiger partial charge in [-0.1, -0.05) is 31.0 Å². The molecule has 0 bridgehead atoms. The number of amides is 3. The average molecular weight is 493 g/mol. The van der Waals surface area contributed by atoms with Crippen molar-refractivity contribution in [1.29, 1.82) is 5.26 Å². The van der Waals surface area contributed by atoms with E-state index in [1.54, 1.807) is 48.4 Å². The maximum atomic E-state index is 13.6. The second-order valence-corrected chi connectivity index (χ2v) is 9.75. The van der Waals surface area contributed by atoms with Crippen molar-refractivity contribution in [3.63, 3.8) is 0 Å². The summed E-state index contributed by atoms with van der Waals surface area (Å²) >= 11 is 1.20. The smallest absolute Gasteiger partial charge is 0.257 e. The molecule has 2 aromatic rings. The number of imide groups is 1. The van der Waals surface area contributed by atoms with Gasteiger partial charge in [-0.15, -0.1) is 0 Å². The van der Waals surface area contributed by atoms with Gasteiger partial charge in [0.25, 0.3) is 5.91 Å². The molecule has 1 saturated carbocycles. The van der Waals surface area contributed by atoms with Crippen LogP contribution in [0.4, 0.5) is 5.69 Å². The standard InChI is InChI=1S/C26H28N4O4S/c1-17-8-9-18(15-27)25(28-17)35-16-24(32)29(19-6-4-3-5-7-19)22-14-23(31)30(26(22)33)20-10-12-21(34-2)13-11-20/h8-13,19,22H,3-7,14,16H2,1-2H3. The van der Waals surface area contributed by atoms with E-state index >= 15 is 0 Å². The van der Waals surface area contributed by atoms with Gasteiger partial charge >= 0.3 is 0 Å².